The van der Waals surface area contributed by atoms with Gasteiger partial charge in [0.15, 0.2) is 0 Å². The van der Waals surface area contributed by atoms with Crippen LogP contribution in [0.2, 0.25) is 0 Å². The molecule has 0 saturated carbocycles. The number of alkyl carbamates (subject to hydrolysis) is 1. The van der Waals surface area contributed by atoms with E-state index in [9.17, 15) is 22.4 Å². The molecule has 0 atom stereocenters. The topological polar surface area (TPSA) is 69.0 Å². The Morgan fingerprint density at radius 3 is 2.53 bits per heavy atom. The Balaban J connectivity index is 1.56. The summed E-state index contributed by atoms with van der Waals surface area (Å²) in [5.41, 5.74) is 1.35. The molecule has 1 N–H and O–H groups in total. The number of ether oxygens (including phenoxy) is 1. The molecule has 1 amide bonds. The lowest BCUT2D eigenvalue weighted by atomic mass is 10.0. The molecule has 2 heterocycles. The minimum absolute atomic E-state index is 0.118. The number of pyridine rings is 1. The van der Waals surface area contributed by atoms with Gasteiger partial charge >= 0.3 is 12.3 Å². The largest absolute Gasteiger partial charge is 0.445 e. The van der Waals surface area contributed by atoms with Gasteiger partial charge in [-0.2, -0.15) is 17.6 Å². The third-order valence-electron chi connectivity index (χ3n) is 5.48. The van der Waals surface area contributed by atoms with Crippen molar-refractivity contribution in [3.05, 3.63) is 95.8 Å². The zero-order valence-electron chi connectivity index (χ0n) is 19.2. The number of hydrogen-bond acceptors (Lipinski definition) is 4. The van der Waals surface area contributed by atoms with E-state index >= 15 is 0 Å². The Hall–Kier alpha value is -4.21. The molecule has 2 aromatic heterocycles. The van der Waals surface area contributed by atoms with E-state index in [4.69, 9.17) is 4.74 Å². The highest BCUT2D eigenvalue weighted by atomic mass is 19.4. The fraction of sp³-hybridized carbons (Fsp3) is 0.192. The molecule has 0 spiro atoms. The Labute approximate surface area is 204 Å². The first-order chi connectivity index (χ1) is 17.2. The van der Waals surface area contributed by atoms with Gasteiger partial charge in [-0.1, -0.05) is 42.5 Å². The molecule has 10 heteroatoms. The first kappa shape index (κ1) is 24.9. The standard InChI is InChI=1S/C26H22F4N4O2/c1-34-22(11-13-32-25(35)36-16-17-6-3-2-4-7-17)33-23(24(34)19-10-12-31-21(27)15-19)18-8-5-9-20(14-18)26(28,29)30/h2-10,12,14-15H,11,13,16H2,1H3,(H,32,35). The van der Waals surface area contributed by atoms with Gasteiger partial charge in [0.25, 0.3) is 0 Å². The van der Waals surface area contributed by atoms with E-state index in [0.717, 1.165) is 17.7 Å². The van der Waals surface area contributed by atoms with Crippen LogP contribution in [0.5, 0.6) is 0 Å². The molecule has 6 nitrogen and oxygen atoms in total. The number of carbonyl (C=O) groups is 1. The Morgan fingerprint density at radius 2 is 1.81 bits per heavy atom. The smallest absolute Gasteiger partial charge is 0.416 e. The summed E-state index contributed by atoms with van der Waals surface area (Å²) < 4.78 is 60.7. The van der Waals surface area contributed by atoms with E-state index in [1.807, 2.05) is 30.3 Å². The van der Waals surface area contributed by atoms with Gasteiger partial charge in [-0.25, -0.2) is 14.8 Å². The van der Waals surface area contributed by atoms with Crippen molar-refractivity contribution < 1.29 is 27.1 Å². The van der Waals surface area contributed by atoms with Crippen LogP contribution in [0.4, 0.5) is 22.4 Å². The first-order valence-electron chi connectivity index (χ1n) is 11.0. The Bertz CT molecular complexity index is 1350. The highest BCUT2D eigenvalue weighted by molar-refractivity contribution is 5.79. The maximum Gasteiger partial charge on any atom is 0.416 e. The average Bonchev–Trinajstić information content (AvgIpc) is 3.19. The summed E-state index contributed by atoms with van der Waals surface area (Å²) >= 11 is 0. The normalized spacial score (nSPS) is 11.4. The van der Waals surface area contributed by atoms with Crippen molar-refractivity contribution in [2.24, 2.45) is 7.05 Å². The van der Waals surface area contributed by atoms with E-state index in [0.29, 0.717) is 17.1 Å². The number of carbonyl (C=O) groups excluding carboxylic acids is 1. The summed E-state index contributed by atoms with van der Waals surface area (Å²) in [5, 5.41) is 2.64. The summed E-state index contributed by atoms with van der Waals surface area (Å²) in [5.74, 6) is -0.244. The number of imidazole rings is 1. The lowest BCUT2D eigenvalue weighted by molar-refractivity contribution is -0.137. The number of benzene rings is 2. The molecular weight excluding hydrogens is 476 g/mol. The van der Waals surface area contributed by atoms with Crippen LogP contribution >= 0.6 is 0 Å². The van der Waals surface area contributed by atoms with Gasteiger partial charge in [0.2, 0.25) is 5.95 Å². The van der Waals surface area contributed by atoms with Crippen LogP contribution in [0, 0.1) is 5.95 Å². The number of amides is 1. The van der Waals surface area contributed by atoms with E-state index < -0.39 is 23.8 Å². The maximum absolute atomic E-state index is 13.9. The quantitative estimate of drug-likeness (QED) is 0.259. The summed E-state index contributed by atoms with van der Waals surface area (Å²) in [6.45, 7) is 0.289. The Morgan fingerprint density at radius 1 is 1.03 bits per heavy atom. The lowest BCUT2D eigenvalue weighted by Gasteiger charge is -2.10. The zero-order valence-corrected chi connectivity index (χ0v) is 19.2. The van der Waals surface area contributed by atoms with E-state index in [2.05, 4.69) is 15.3 Å². The second kappa shape index (κ2) is 10.6. The number of nitrogens with zero attached hydrogens (tertiary/aromatic N) is 3. The van der Waals surface area contributed by atoms with E-state index in [-0.39, 0.29) is 30.8 Å². The van der Waals surface area contributed by atoms with Crippen LogP contribution in [0.1, 0.15) is 17.0 Å². The fourth-order valence-electron chi connectivity index (χ4n) is 3.74. The molecule has 0 radical (unpaired) electrons. The van der Waals surface area contributed by atoms with Crippen LogP contribution in [-0.4, -0.2) is 27.2 Å². The minimum atomic E-state index is -4.53. The van der Waals surface area contributed by atoms with Gasteiger partial charge in [-0.05, 0) is 23.8 Å². The van der Waals surface area contributed by atoms with Crippen LogP contribution in [0.15, 0.2) is 72.9 Å². The molecule has 36 heavy (non-hydrogen) atoms. The van der Waals surface area contributed by atoms with Gasteiger partial charge in [-0.15, -0.1) is 0 Å². The van der Waals surface area contributed by atoms with Crippen molar-refractivity contribution in [1.82, 2.24) is 19.9 Å². The third kappa shape index (κ3) is 5.88. The molecule has 0 aliphatic carbocycles. The average molecular weight is 498 g/mol. The van der Waals surface area contributed by atoms with Gasteiger partial charge in [0.1, 0.15) is 12.4 Å². The second-order valence-electron chi connectivity index (χ2n) is 7.97. The molecule has 0 aliphatic rings. The van der Waals surface area contributed by atoms with Crippen LogP contribution in [-0.2, 0) is 31.0 Å². The minimum Gasteiger partial charge on any atom is -0.445 e. The molecule has 186 valence electrons. The molecule has 4 aromatic rings. The van der Waals surface area contributed by atoms with Crippen molar-refractivity contribution in [3.63, 3.8) is 0 Å². The van der Waals surface area contributed by atoms with Gasteiger partial charge in [-0.3, -0.25) is 0 Å². The number of halogens is 4. The monoisotopic (exact) mass is 498 g/mol. The summed E-state index contributed by atoms with van der Waals surface area (Å²) in [7, 11) is 1.68. The molecule has 4 rings (SSSR count). The molecule has 0 unspecified atom stereocenters. The molecule has 0 bridgehead atoms. The summed E-state index contributed by atoms with van der Waals surface area (Å²) in [6, 6.07) is 16.7. The van der Waals surface area contributed by atoms with Crippen molar-refractivity contribution in [2.75, 3.05) is 6.54 Å². The number of aromatic nitrogens is 3. The van der Waals surface area contributed by atoms with Gasteiger partial charge in [0, 0.05) is 43.4 Å². The van der Waals surface area contributed by atoms with Crippen molar-refractivity contribution in [2.45, 2.75) is 19.2 Å². The zero-order chi connectivity index (χ0) is 25.7. The highest BCUT2D eigenvalue weighted by Gasteiger charge is 2.31. The van der Waals surface area contributed by atoms with Crippen LogP contribution in [0.3, 0.4) is 0 Å². The van der Waals surface area contributed by atoms with Gasteiger partial charge in [0.05, 0.1) is 17.0 Å². The van der Waals surface area contributed by atoms with Crippen molar-refractivity contribution in [3.8, 4) is 22.5 Å². The summed E-state index contributed by atoms with van der Waals surface area (Å²) in [6.07, 6.45) is -3.60. The third-order valence-corrected chi connectivity index (χ3v) is 5.48. The molecule has 0 saturated heterocycles. The van der Waals surface area contributed by atoms with E-state index in [1.54, 1.807) is 17.7 Å². The summed E-state index contributed by atoms with van der Waals surface area (Å²) in [4.78, 5) is 20.2. The van der Waals surface area contributed by atoms with Gasteiger partial charge < -0.3 is 14.6 Å². The van der Waals surface area contributed by atoms with Crippen molar-refractivity contribution in [1.29, 1.82) is 0 Å². The van der Waals surface area contributed by atoms with Crippen LogP contribution in [0.25, 0.3) is 22.5 Å². The number of hydrogen-bond donors (Lipinski definition) is 1. The molecule has 2 aromatic carbocycles. The van der Waals surface area contributed by atoms with E-state index in [1.165, 1.54) is 24.4 Å². The van der Waals surface area contributed by atoms with Crippen LogP contribution < -0.4 is 5.32 Å². The first-order valence-corrected chi connectivity index (χ1v) is 11.0. The predicted octanol–water partition coefficient (Wildman–Crippen LogP) is 5.78. The Kier molecular flexibility index (Phi) is 7.33. The SMILES string of the molecule is Cn1c(CCNC(=O)OCc2ccccc2)nc(-c2cccc(C(F)(F)F)c2)c1-c1ccnc(F)c1. The second-order valence-corrected chi connectivity index (χ2v) is 7.97. The number of alkyl halides is 3. The lowest BCUT2D eigenvalue weighted by Crippen LogP contribution is -2.27. The molecule has 0 fully saturated rings. The van der Waals surface area contributed by atoms with Crippen molar-refractivity contribution >= 4 is 6.09 Å². The molecular formula is C26H22F4N4O2. The highest BCUT2D eigenvalue weighted by Crippen LogP contribution is 2.36. The number of rotatable bonds is 7. The number of nitrogens with one attached hydrogen (secondary N) is 1. The molecule has 0 aliphatic heterocycles. The fourth-order valence-corrected chi connectivity index (χ4v) is 3.74. The maximum atomic E-state index is 13.9. The predicted molar refractivity (Wildman–Crippen MR) is 125 cm³/mol.